The number of rotatable bonds is 0. The highest BCUT2D eigenvalue weighted by Gasteiger charge is 2.41. The summed E-state index contributed by atoms with van der Waals surface area (Å²) < 4.78 is 0. The Kier molecular flexibility index (Phi) is 2.13. The van der Waals surface area contributed by atoms with Gasteiger partial charge in [-0.2, -0.15) is 0 Å². The van der Waals surface area contributed by atoms with Crippen LogP contribution in [0, 0.1) is 5.41 Å². The van der Waals surface area contributed by atoms with Crippen molar-refractivity contribution in [3.8, 4) is 0 Å². The first-order valence-electron chi connectivity index (χ1n) is 5.15. The van der Waals surface area contributed by atoms with Crippen LogP contribution >= 0.6 is 0 Å². The van der Waals surface area contributed by atoms with Gasteiger partial charge in [0.15, 0.2) is 0 Å². The van der Waals surface area contributed by atoms with Gasteiger partial charge in [-0.1, -0.05) is 0 Å². The first kappa shape index (κ1) is 8.52. The van der Waals surface area contributed by atoms with Crippen molar-refractivity contribution in [1.29, 1.82) is 0 Å². The van der Waals surface area contributed by atoms with Crippen LogP contribution in [0.1, 0.15) is 26.2 Å². The fourth-order valence-corrected chi connectivity index (χ4v) is 2.72. The molecule has 0 aromatic heterocycles. The Labute approximate surface area is 75.3 Å². The maximum Gasteiger partial charge on any atom is 0.00966 e. The molecule has 0 amide bonds. The van der Waals surface area contributed by atoms with Gasteiger partial charge in [-0.15, -0.1) is 0 Å². The Bertz CT molecular complexity index is 159. The topological polar surface area (TPSA) is 15.3 Å². The van der Waals surface area contributed by atoms with E-state index in [1.807, 2.05) is 0 Å². The Balaban J connectivity index is 2.02. The van der Waals surface area contributed by atoms with Gasteiger partial charge in [0.25, 0.3) is 0 Å². The van der Waals surface area contributed by atoms with Crippen LogP contribution < -0.4 is 5.32 Å². The molecule has 2 saturated heterocycles. The minimum atomic E-state index is 0.659. The van der Waals surface area contributed by atoms with E-state index >= 15 is 0 Å². The van der Waals surface area contributed by atoms with E-state index < -0.39 is 0 Å². The number of hydrogen-bond donors (Lipinski definition) is 1. The molecule has 2 fully saturated rings. The molecular formula is C10H20N2. The van der Waals surface area contributed by atoms with Crippen molar-refractivity contribution in [2.45, 2.75) is 32.2 Å². The van der Waals surface area contributed by atoms with Gasteiger partial charge in [0.2, 0.25) is 0 Å². The summed E-state index contributed by atoms with van der Waals surface area (Å²) in [6, 6.07) is 0.756. The summed E-state index contributed by atoms with van der Waals surface area (Å²) in [4.78, 5) is 2.45. The van der Waals surface area contributed by atoms with Gasteiger partial charge in [0, 0.05) is 6.04 Å². The lowest BCUT2D eigenvalue weighted by Gasteiger charge is -2.40. The molecule has 0 aromatic rings. The average molecular weight is 168 g/mol. The lowest BCUT2D eigenvalue weighted by molar-refractivity contribution is 0.113. The van der Waals surface area contributed by atoms with E-state index in [9.17, 15) is 0 Å². The van der Waals surface area contributed by atoms with Crippen molar-refractivity contribution >= 4 is 0 Å². The van der Waals surface area contributed by atoms with Crippen LogP contribution in [-0.2, 0) is 0 Å². The zero-order chi connectivity index (χ0) is 8.60. The van der Waals surface area contributed by atoms with E-state index in [2.05, 4.69) is 24.2 Å². The quantitative estimate of drug-likeness (QED) is 0.582. The van der Waals surface area contributed by atoms with Gasteiger partial charge in [0.1, 0.15) is 0 Å². The fraction of sp³-hybridized carbons (Fsp3) is 1.00. The normalized spacial score (nSPS) is 36.0. The first-order chi connectivity index (χ1) is 5.73. The minimum Gasteiger partial charge on any atom is -0.314 e. The SMILES string of the molecule is CC1NCCC12CCN(C)CC2. The van der Waals surface area contributed by atoms with Crippen LogP contribution in [0.2, 0.25) is 0 Å². The van der Waals surface area contributed by atoms with Crippen LogP contribution in [0.3, 0.4) is 0 Å². The minimum absolute atomic E-state index is 0.659. The summed E-state index contributed by atoms with van der Waals surface area (Å²) in [5.41, 5.74) is 0.659. The van der Waals surface area contributed by atoms with E-state index in [1.165, 1.54) is 38.9 Å². The van der Waals surface area contributed by atoms with Crippen LogP contribution in [0.15, 0.2) is 0 Å². The summed E-state index contributed by atoms with van der Waals surface area (Å²) in [6.45, 7) is 6.20. The lowest BCUT2D eigenvalue weighted by atomic mass is 9.73. The van der Waals surface area contributed by atoms with Crippen LogP contribution in [0.5, 0.6) is 0 Å². The van der Waals surface area contributed by atoms with E-state index in [0.29, 0.717) is 5.41 Å². The number of nitrogens with one attached hydrogen (secondary N) is 1. The summed E-state index contributed by atoms with van der Waals surface area (Å²) >= 11 is 0. The van der Waals surface area contributed by atoms with Crippen molar-refractivity contribution < 1.29 is 0 Å². The molecule has 1 unspecified atom stereocenters. The predicted molar refractivity (Wildman–Crippen MR) is 51.2 cm³/mol. The van der Waals surface area contributed by atoms with Gasteiger partial charge in [-0.3, -0.25) is 0 Å². The summed E-state index contributed by atoms with van der Waals surface area (Å²) in [5.74, 6) is 0. The zero-order valence-corrected chi connectivity index (χ0v) is 8.27. The molecule has 1 spiro atoms. The second kappa shape index (κ2) is 3.00. The summed E-state index contributed by atoms with van der Waals surface area (Å²) in [5, 5.41) is 3.58. The van der Waals surface area contributed by atoms with E-state index in [1.54, 1.807) is 0 Å². The highest BCUT2D eigenvalue weighted by Crippen LogP contribution is 2.40. The Hall–Kier alpha value is -0.0800. The van der Waals surface area contributed by atoms with E-state index in [-0.39, 0.29) is 0 Å². The molecular weight excluding hydrogens is 148 g/mol. The molecule has 70 valence electrons. The predicted octanol–water partition coefficient (Wildman–Crippen LogP) is 1.08. The smallest absolute Gasteiger partial charge is 0.00966 e. The third-order valence-corrected chi connectivity index (χ3v) is 3.97. The van der Waals surface area contributed by atoms with Crippen LogP contribution in [-0.4, -0.2) is 37.6 Å². The van der Waals surface area contributed by atoms with Crippen molar-refractivity contribution in [1.82, 2.24) is 10.2 Å². The van der Waals surface area contributed by atoms with Crippen molar-refractivity contribution in [3.63, 3.8) is 0 Å². The molecule has 1 atom stereocenters. The molecule has 1 N–H and O–H groups in total. The van der Waals surface area contributed by atoms with Gasteiger partial charge >= 0.3 is 0 Å². The molecule has 0 aromatic carbocycles. The Morgan fingerprint density at radius 1 is 1.25 bits per heavy atom. The maximum atomic E-state index is 3.58. The van der Waals surface area contributed by atoms with Gasteiger partial charge in [-0.25, -0.2) is 0 Å². The molecule has 0 saturated carbocycles. The average Bonchev–Trinajstić information content (AvgIpc) is 2.41. The van der Waals surface area contributed by atoms with Gasteiger partial charge in [-0.05, 0) is 58.3 Å². The highest BCUT2D eigenvalue weighted by molar-refractivity contribution is 4.97. The molecule has 2 nitrogen and oxygen atoms in total. The molecule has 2 aliphatic rings. The van der Waals surface area contributed by atoms with Crippen LogP contribution in [0.25, 0.3) is 0 Å². The summed E-state index contributed by atoms with van der Waals surface area (Å²) in [7, 11) is 2.24. The molecule has 12 heavy (non-hydrogen) atoms. The highest BCUT2D eigenvalue weighted by atomic mass is 15.1. The third-order valence-electron chi connectivity index (χ3n) is 3.97. The van der Waals surface area contributed by atoms with Crippen molar-refractivity contribution in [2.75, 3.05) is 26.7 Å². The lowest BCUT2D eigenvalue weighted by Crippen LogP contribution is -2.43. The van der Waals surface area contributed by atoms with Crippen molar-refractivity contribution in [2.24, 2.45) is 5.41 Å². The Morgan fingerprint density at radius 2 is 1.92 bits per heavy atom. The third kappa shape index (κ3) is 1.27. The molecule has 2 aliphatic heterocycles. The van der Waals surface area contributed by atoms with E-state index in [4.69, 9.17) is 0 Å². The van der Waals surface area contributed by atoms with Gasteiger partial charge < -0.3 is 10.2 Å². The number of likely N-dealkylation sites (tertiary alicyclic amines) is 1. The zero-order valence-electron chi connectivity index (χ0n) is 8.27. The molecule has 2 rings (SSSR count). The number of hydrogen-bond acceptors (Lipinski definition) is 2. The fourth-order valence-electron chi connectivity index (χ4n) is 2.72. The number of nitrogens with zero attached hydrogens (tertiary/aromatic N) is 1. The molecule has 0 radical (unpaired) electrons. The van der Waals surface area contributed by atoms with E-state index in [0.717, 1.165) is 6.04 Å². The standard InChI is InChI=1S/C10H20N2/c1-9-10(3-6-11-9)4-7-12(2)8-5-10/h9,11H,3-8H2,1-2H3. The largest absolute Gasteiger partial charge is 0.314 e. The maximum absolute atomic E-state index is 3.58. The van der Waals surface area contributed by atoms with Crippen LogP contribution in [0.4, 0.5) is 0 Å². The second-order valence-electron chi connectivity index (χ2n) is 4.59. The molecule has 2 heteroatoms. The summed E-state index contributed by atoms with van der Waals surface area (Å²) in [6.07, 6.45) is 4.21. The molecule has 0 aliphatic carbocycles. The molecule has 0 bridgehead atoms. The first-order valence-corrected chi connectivity index (χ1v) is 5.15. The monoisotopic (exact) mass is 168 g/mol. The number of piperidine rings is 1. The van der Waals surface area contributed by atoms with Gasteiger partial charge in [0.05, 0.1) is 0 Å². The molecule has 2 heterocycles. The Morgan fingerprint density at radius 3 is 2.42 bits per heavy atom. The van der Waals surface area contributed by atoms with Crippen molar-refractivity contribution in [3.05, 3.63) is 0 Å². The second-order valence-corrected chi connectivity index (χ2v) is 4.59.